The molecule has 0 radical (unpaired) electrons. The van der Waals surface area contributed by atoms with Gasteiger partial charge in [0.05, 0.1) is 17.9 Å². The molecule has 2 unspecified atom stereocenters. The predicted molar refractivity (Wildman–Crippen MR) is 97.8 cm³/mol. The lowest BCUT2D eigenvalue weighted by Gasteiger charge is -2.36. The van der Waals surface area contributed by atoms with Crippen LogP contribution in [0.4, 0.5) is 0 Å². The number of rotatable bonds is 6. The van der Waals surface area contributed by atoms with E-state index in [0.29, 0.717) is 25.4 Å². The number of carbonyl (C=O) groups is 2. The largest absolute Gasteiger partial charge is 0.349 e. The van der Waals surface area contributed by atoms with Gasteiger partial charge in [-0.05, 0) is 44.1 Å². The van der Waals surface area contributed by atoms with Gasteiger partial charge in [0.2, 0.25) is 11.8 Å². The highest BCUT2D eigenvalue weighted by Crippen LogP contribution is 2.39. The lowest BCUT2D eigenvalue weighted by atomic mass is 9.91. The van der Waals surface area contributed by atoms with Crippen LogP contribution in [0.3, 0.4) is 0 Å². The Bertz CT molecular complexity index is 615. The summed E-state index contributed by atoms with van der Waals surface area (Å²) < 4.78 is 0. The normalized spacial score (nSPS) is 23.0. The zero-order valence-electron chi connectivity index (χ0n) is 15.0. The Balaban J connectivity index is 1.57. The molecule has 1 heterocycles. The first kappa shape index (κ1) is 17.9. The Morgan fingerprint density at radius 3 is 2.60 bits per heavy atom. The van der Waals surface area contributed by atoms with Crippen molar-refractivity contribution < 1.29 is 9.59 Å². The minimum atomic E-state index is -0.298. The summed E-state index contributed by atoms with van der Waals surface area (Å²) in [6.07, 6.45) is 4.39. The standard InChI is InChI=1S/C20H29N3O2/c1-20(14-21,17-9-10-17)22-19(25)16-8-5-11-23(13-16)18(24)12-15-6-3-2-4-7-15/h2-4,6-7,16-17H,5,8-14,21H2,1H3,(H,22,25). The monoisotopic (exact) mass is 343 g/mol. The van der Waals surface area contributed by atoms with E-state index in [1.54, 1.807) is 0 Å². The number of hydrogen-bond donors (Lipinski definition) is 2. The van der Waals surface area contributed by atoms with E-state index < -0.39 is 0 Å². The summed E-state index contributed by atoms with van der Waals surface area (Å²) in [7, 11) is 0. The smallest absolute Gasteiger partial charge is 0.227 e. The summed E-state index contributed by atoms with van der Waals surface area (Å²) in [5, 5.41) is 3.18. The molecular weight excluding hydrogens is 314 g/mol. The van der Waals surface area contributed by atoms with Gasteiger partial charge in [0.25, 0.3) is 0 Å². The van der Waals surface area contributed by atoms with Crippen LogP contribution in [0, 0.1) is 11.8 Å². The third-order valence-electron chi connectivity index (χ3n) is 5.65. The second kappa shape index (κ2) is 7.56. The molecule has 2 aliphatic rings. The number of carbonyl (C=O) groups excluding carboxylic acids is 2. The molecule has 2 amide bonds. The molecule has 0 spiro atoms. The first-order valence-electron chi connectivity index (χ1n) is 9.35. The average Bonchev–Trinajstić information content (AvgIpc) is 3.48. The predicted octanol–water partition coefficient (Wildman–Crippen LogP) is 1.71. The molecule has 25 heavy (non-hydrogen) atoms. The minimum absolute atomic E-state index is 0.0528. The third-order valence-corrected chi connectivity index (χ3v) is 5.65. The molecule has 2 atom stereocenters. The highest BCUT2D eigenvalue weighted by atomic mass is 16.2. The molecule has 5 nitrogen and oxygen atoms in total. The number of nitrogens with two attached hydrogens (primary N) is 1. The van der Waals surface area contributed by atoms with E-state index in [1.165, 1.54) is 0 Å². The van der Waals surface area contributed by atoms with Crippen LogP contribution in [0.2, 0.25) is 0 Å². The highest BCUT2D eigenvalue weighted by molar-refractivity contribution is 5.82. The van der Waals surface area contributed by atoms with Gasteiger partial charge in [0, 0.05) is 19.6 Å². The third kappa shape index (κ3) is 4.40. The van der Waals surface area contributed by atoms with Crippen molar-refractivity contribution in [2.45, 2.75) is 44.6 Å². The molecule has 0 bridgehead atoms. The summed E-state index contributed by atoms with van der Waals surface area (Å²) in [6, 6.07) is 9.77. The first-order chi connectivity index (χ1) is 12.0. The zero-order chi connectivity index (χ0) is 17.9. The number of nitrogens with zero attached hydrogens (tertiary/aromatic N) is 1. The molecule has 1 saturated carbocycles. The van der Waals surface area contributed by atoms with E-state index in [2.05, 4.69) is 5.32 Å². The van der Waals surface area contributed by atoms with Gasteiger partial charge in [-0.15, -0.1) is 0 Å². The van der Waals surface area contributed by atoms with Gasteiger partial charge < -0.3 is 16.0 Å². The molecule has 3 N–H and O–H groups in total. The quantitative estimate of drug-likeness (QED) is 0.826. The average molecular weight is 343 g/mol. The maximum absolute atomic E-state index is 12.7. The van der Waals surface area contributed by atoms with E-state index in [-0.39, 0.29) is 23.3 Å². The number of likely N-dealkylation sites (tertiary alicyclic amines) is 1. The zero-order valence-corrected chi connectivity index (χ0v) is 15.0. The van der Waals surface area contributed by atoms with Crippen molar-refractivity contribution in [1.82, 2.24) is 10.2 Å². The number of piperidine rings is 1. The number of benzene rings is 1. The van der Waals surface area contributed by atoms with Crippen LogP contribution in [0.1, 0.15) is 38.2 Å². The van der Waals surface area contributed by atoms with E-state index >= 15 is 0 Å². The lowest BCUT2D eigenvalue weighted by molar-refractivity contribution is -0.135. The molecule has 1 aromatic carbocycles. The van der Waals surface area contributed by atoms with Crippen molar-refractivity contribution in [2.75, 3.05) is 19.6 Å². The van der Waals surface area contributed by atoms with Crippen LogP contribution in [-0.2, 0) is 16.0 Å². The maximum Gasteiger partial charge on any atom is 0.227 e. The van der Waals surface area contributed by atoms with Crippen molar-refractivity contribution in [2.24, 2.45) is 17.6 Å². The molecule has 1 aliphatic heterocycles. The first-order valence-corrected chi connectivity index (χ1v) is 9.35. The van der Waals surface area contributed by atoms with Gasteiger partial charge in [-0.2, -0.15) is 0 Å². The lowest BCUT2D eigenvalue weighted by Crippen LogP contribution is -2.56. The van der Waals surface area contributed by atoms with Gasteiger partial charge in [-0.1, -0.05) is 30.3 Å². The van der Waals surface area contributed by atoms with Gasteiger partial charge in [-0.25, -0.2) is 0 Å². The van der Waals surface area contributed by atoms with Crippen LogP contribution in [0.15, 0.2) is 30.3 Å². The minimum Gasteiger partial charge on any atom is -0.349 e. The van der Waals surface area contributed by atoms with Crippen molar-refractivity contribution in [1.29, 1.82) is 0 Å². The van der Waals surface area contributed by atoms with Crippen molar-refractivity contribution >= 4 is 11.8 Å². The number of amides is 2. The Hall–Kier alpha value is -1.88. The summed E-state index contributed by atoms with van der Waals surface area (Å²) >= 11 is 0. The fourth-order valence-corrected chi connectivity index (χ4v) is 3.72. The van der Waals surface area contributed by atoms with Crippen LogP contribution < -0.4 is 11.1 Å². The van der Waals surface area contributed by atoms with Crippen molar-refractivity contribution in [3.8, 4) is 0 Å². The summed E-state index contributed by atoms with van der Waals surface area (Å²) in [6.45, 7) is 3.77. The Morgan fingerprint density at radius 2 is 1.96 bits per heavy atom. The molecular formula is C20H29N3O2. The summed E-state index contributed by atoms with van der Waals surface area (Å²) in [5.41, 5.74) is 6.63. The van der Waals surface area contributed by atoms with Crippen LogP contribution in [0.5, 0.6) is 0 Å². The Labute approximate surface area is 150 Å². The molecule has 3 rings (SSSR count). The summed E-state index contributed by atoms with van der Waals surface area (Å²) in [4.78, 5) is 27.1. The topological polar surface area (TPSA) is 75.4 Å². The molecule has 136 valence electrons. The van der Waals surface area contributed by atoms with Gasteiger partial charge in [0.15, 0.2) is 0 Å². The number of hydrogen-bond acceptors (Lipinski definition) is 3. The highest BCUT2D eigenvalue weighted by Gasteiger charge is 2.42. The maximum atomic E-state index is 12.7. The Morgan fingerprint density at radius 1 is 1.24 bits per heavy atom. The Kier molecular flexibility index (Phi) is 5.42. The van der Waals surface area contributed by atoms with E-state index in [0.717, 1.165) is 37.8 Å². The molecule has 1 aromatic rings. The fraction of sp³-hybridized carbons (Fsp3) is 0.600. The molecule has 1 saturated heterocycles. The second-order valence-corrected chi connectivity index (χ2v) is 7.73. The van der Waals surface area contributed by atoms with Gasteiger partial charge >= 0.3 is 0 Å². The number of nitrogens with one attached hydrogen (secondary N) is 1. The van der Waals surface area contributed by atoms with Crippen LogP contribution >= 0.6 is 0 Å². The van der Waals surface area contributed by atoms with E-state index in [9.17, 15) is 9.59 Å². The molecule has 5 heteroatoms. The van der Waals surface area contributed by atoms with Crippen LogP contribution in [0.25, 0.3) is 0 Å². The van der Waals surface area contributed by atoms with Crippen LogP contribution in [-0.4, -0.2) is 41.9 Å². The molecule has 1 aliphatic carbocycles. The fourth-order valence-electron chi connectivity index (χ4n) is 3.72. The van der Waals surface area contributed by atoms with Gasteiger partial charge in [-0.3, -0.25) is 9.59 Å². The summed E-state index contributed by atoms with van der Waals surface area (Å²) in [5.74, 6) is 0.531. The van der Waals surface area contributed by atoms with Gasteiger partial charge in [0.1, 0.15) is 0 Å². The molecule has 0 aromatic heterocycles. The van der Waals surface area contributed by atoms with E-state index in [1.807, 2.05) is 42.2 Å². The SMILES string of the molecule is CC(CN)(NC(=O)C1CCCN(C(=O)Cc2ccccc2)C1)C1CC1. The van der Waals surface area contributed by atoms with E-state index in [4.69, 9.17) is 5.73 Å². The molecule has 2 fully saturated rings. The second-order valence-electron chi connectivity index (χ2n) is 7.73. The van der Waals surface area contributed by atoms with Crippen molar-refractivity contribution in [3.05, 3.63) is 35.9 Å². The van der Waals surface area contributed by atoms with Crippen molar-refractivity contribution in [3.63, 3.8) is 0 Å².